The number of aromatic nitrogens is 4. The third kappa shape index (κ3) is 2.97. The van der Waals surface area contributed by atoms with Crippen LogP contribution in [-0.4, -0.2) is 32.4 Å². The lowest BCUT2D eigenvalue weighted by Crippen LogP contribution is -2.14. The molecule has 1 N–H and O–H groups in total. The van der Waals surface area contributed by atoms with E-state index in [1.807, 2.05) is 6.92 Å². The molecule has 1 amide bonds. The molecule has 18 heavy (non-hydrogen) atoms. The van der Waals surface area contributed by atoms with Crippen LogP contribution in [-0.2, 0) is 0 Å². The largest absolute Gasteiger partial charge is 0.464 e. The Hall–Kier alpha value is -2.57. The third-order valence-electron chi connectivity index (χ3n) is 1.96. The lowest BCUT2D eigenvalue weighted by Gasteiger charge is -2.04. The summed E-state index contributed by atoms with van der Waals surface area (Å²) >= 11 is 0. The second-order valence-corrected chi connectivity index (χ2v) is 3.23. The van der Waals surface area contributed by atoms with Crippen LogP contribution in [0.5, 0.6) is 6.01 Å². The van der Waals surface area contributed by atoms with Gasteiger partial charge in [0, 0.05) is 12.4 Å². The molecule has 2 aromatic rings. The maximum atomic E-state index is 11.7. The van der Waals surface area contributed by atoms with E-state index in [0.29, 0.717) is 12.3 Å². The maximum Gasteiger partial charge on any atom is 0.316 e. The summed E-state index contributed by atoms with van der Waals surface area (Å²) in [4.78, 5) is 27.3. The number of nitrogens with one attached hydrogen (secondary N) is 1. The molecule has 7 nitrogen and oxygen atoms in total. The third-order valence-corrected chi connectivity index (χ3v) is 1.96. The molecule has 0 saturated heterocycles. The summed E-state index contributed by atoms with van der Waals surface area (Å²) in [6.45, 7) is 2.33. The highest BCUT2D eigenvalue weighted by Gasteiger charge is 2.07. The fourth-order valence-electron chi connectivity index (χ4n) is 1.20. The van der Waals surface area contributed by atoms with Crippen molar-refractivity contribution in [3.63, 3.8) is 0 Å². The van der Waals surface area contributed by atoms with Gasteiger partial charge in [0.2, 0.25) is 0 Å². The van der Waals surface area contributed by atoms with Crippen LogP contribution in [0.15, 0.2) is 31.0 Å². The molecule has 2 rings (SSSR count). The average molecular weight is 245 g/mol. The van der Waals surface area contributed by atoms with Crippen LogP contribution in [0.4, 0.5) is 5.69 Å². The number of rotatable bonds is 4. The minimum Gasteiger partial charge on any atom is -0.464 e. The summed E-state index contributed by atoms with van der Waals surface area (Å²) in [7, 11) is 0. The van der Waals surface area contributed by atoms with Gasteiger partial charge in [-0.3, -0.25) is 9.78 Å². The van der Waals surface area contributed by atoms with Crippen molar-refractivity contribution in [2.75, 3.05) is 11.9 Å². The number of hydrogen-bond donors (Lipinski definition) is 1. The van der Waals surface area contributed by atoms with Gasteiger partial charge in [0.05, 0.1) is 30.9 Å². The molecule has 0 aliphatic carbocycles. The molecule has 0 bridgehead atoms. The fraction of sp³-hybridized carbons (Fsp3) is 0.182. The lowest BCUT2D eigenvalue weighted by atomic mass is 10.4. The van der Waals surface area contributed by atoms with E-state index < -0.39 is 0 Å². The minimum atomic E-state index is -0.365. The van der Waals surface area contributed by atoms with E-state index in [1.54, 1.807) is 0 Å². The van der Waals surface area contributed by atoms with Crippen LogP contribution < -0.4 is 10.1 Å². The van der Waals surface area contributed by atoms with Gasteiger partial charge in [0.15, 0.2) is 0 Å². The summed E-state index contributed by atoms with van der Waals surface area (Å²) in [5, 5.41) is 2.61. The highest BCUT2D eigenvalue weighted by Crippen LogP contribution is 2.08. The van der Waals surface area contributed by atoms with Crippen LogP contribution in [0.1, 0.15) is 17.4 Å². The van der Waals surface area contributed by atoms with E-state index in [1.165, 1.54) is 31.0 Å². The quantitative estimate of drug-likeness (QED) is 0.861. The van der Waals surface area contributed by atoms with Gasteiger partial charge in [-0.15, -0.1) is 0 Å². The predicted molar refractivity (Wildman–Crippen MR) is 63.2 cm³/mol. The molecule has 0 unspecified atom stereocenters. The van der Waals surface area contributed by atoms with Gasteiger partial charge in [0.1, 0.15) is 5.69 Å². The van der Waals surface area contributed by atoms with Crippen molar-refractivity contribution >= 4 is 11.6 Å². The molecular weight excluding hydrogens is 234 g/mol. The van der Waals surface area contributed by atoms with E-state index in [0.717, 1.165) is 0 Å². The molecular formula is C11H11N5O2. The van der Waals surface area contributed by atoms with Gasteiger partial charge < -0.3 is 10.1 Å². The summed E-state index contributed by atoms with van der Waals surface area (Å²) in [6, 6.07) is 0.273. The monoisotopic (exact) mass is 245 g/mol. The first-order valence-electron chi connectivity index (χ1n) is 5.32. The Morgan fingerprint density at radius 2 is 2.00 bits per heavy atom. The van der Waals surface area contributed by atoms with Gasteiger partial charge >= 0.3 is 6.01 Å². The number of amides is 1. The first-order valence-corrected chi connectivity index (χ1v) is 5.32. The van der Waals surface area contributed by atoms with Crippen LogP contribution >= 0.6 is 0 Å². The SMILES string of the molecule is CCOc1ncc(NC(=O)c2cnccn2)cn1. The van der Waals surface area contributed by atoms with Gasteiger partial charge in [-0.2, -0.15) is 0 Å². The van der Waals surface area contributed by atoms with Crippen molar-refractivity contribution in [2.24, 2.45) is 0 Å². The molecule has 0 aromatic carbocycles. The van der Waals surface area contributed by atoms with Crippen LogP contribution in [0.2, 0.25) is 0 Å². The van der Waals surface area contributed by atoms with E-state index in [-0.39, 0.29) is 17.6 Å². The van der Waals surface area contributed by atoms with Gasteiger partial charge in [-0.25, -0.2) is 15.0 Å². The second kappa shape index (κ2) is 5.67. The van der Waals surface area contributed by atoms with Crippen molar-refractivity contribution in [2.45, 2.75) is 6.92 Å². The van der Waals surface area contributed by atoms with Crippen LogP contribution in [0.3, 0.4) is 0 Å². The molecule has 92 valence electrons. The van der Waals surface area contributed by atoms with Crippen molar-refractivity contribution in [3.05, 3.63) is 36.7 Å². The summed E-state index contributed by atoms with van der Waals surface area (Å²) < 4.78 is 5.09. The van der Waals surface area contributed by atoms with Crippen molar-refractivity contribution in [1.29, 1.82) is 0 Å². The first-order chi connectivity index (χ1) is 8.79. The van der Waals surface area contributed by atoms with Gasteiger partial charge in [-0.05, 0) is 6.92 Å². The molecule has 2 aromatic heterocycles. The Morgan fingerprint density at radius 1 is 1.22 bits per heavy atom. The zero-order chi connectivity index (χ0) is 12.8. The van der Waals surface area contributed by atoms with Crippen LogP contribution in [0, 0.1) is 0 Å². The van der Waals surface area contributed by atoms with E-state index in [4.69, 9.17) is 4.74 Å². The van der Waals surface area contributed by atoms with E-state index in [2.05, 4.69) is 25.3 Å². The summed E-state index contributed by atoms with van der Waals surface area (Å²) in [6.07, 6.45) is 7.25. The van der Waals surface area contributed by atoms with Gasteiger partial charge in [0.25, 0.3) is 5.91 Å². The predicted octanol–water partition coefficient (Wildman–Crippen LogP) is 0.918. The van der Waals surface area contributed by atoms with E-state index in [9.17, 15) is 4.79 Å². The summed E-state index contributed by atoms with van der Waals surface area (Å²) in [5.74, 6) is -0.365. The van der Waals surface area contributed by atoms with E-state index >= 15 is 0 Å². The Labute approximate surface area is 103 Å². The zero-order valence-electron chi connectivity index (χ0n) is 9.70. The minimum absolute atomic E-state index is 0.228. The van der Waals surface area contributed by atoms with Crippen molar-refractivity contribution in [1.82, 2.24) is 19.9 Å². The van der Waals surface area contributed by atoms with Crippen molar-refractivity contribution in [3.8, 4) is 6.01 Å². The standard InChI is InChI=1S/C11H11N5O2/c1-2-18-11-14-5-8(6-15-11)16-10(17)9-7-12-3-4-13-9/h3-7H,2H2,1H3,(H,16,17). The second-order valence-electron chi connectivity index (χ2n) is 3.23. The lowest BCUT2D eigenvalue weighted by molar-refractivity contribution is 0.102. The average Bonchev–Trinajstić information content (AvgIpc) is 2.42. The molecule has 2 heterocycles. The normalized spacial score (nSPS) is 9.83. The fourth-order valence-corrected chi connectivity index (χ4v) is 1.20. The highest BCUT2D eigenvalue weighted by atomic mass is 16.5. The molecule has 0 aliphatic rings. The molecule has 0 radical (unpaired) electrons. The molecule has 0 aliphatic heterocycles. The van der Waals surface area contributed by atoms with Crippen molar-refractivity contribution < 1.29 is 9.53 Å². The molecule has 0 fully saturated rings. The Bertz CT molecular complexity index is 515. The number of carbonyl (C=O) groups excluding carboxylic acids is 1. The number of ether oxygens (including phenoxy) is 1. The Kier molecular flexibility index (Phi) is 3.75. The zero-order valence-corrected chi connectivity index (χ0v) is 9.70. The number of anilines is 1. The highest BCUT2D eigenvalue weighted by molar-refractivity contribution is 6.02. The molecule has 0 saturated carbocycles. The topological polar surface area (TPSA) is 89.9 Å². The molecule has 0 spiro atoms. The smallest absolute Gasteiger partial charge is 0.316 e. The maximum absolute atomic E-state index is 11.7. The number of nitrogens with zero attached hydrogens (tertiary/aromatic N) is 4. The summed E-state index contributed by atoms with van der Waals surface area (Å²) in [5.41, 5.74) is 0.695. The first kappa shape index (κ1) is 11.9. The number of carbonyl (C=O) groups is 1. The number of hydrogen-bond acceptors (Lipinski definition) is 6. The Morgan fingerprint density at radius 3 is 2.61 bits per heavy atom. The molecule has 0 atom stereocenters. The van der Waals surface area contributed by atoms with Gasteiger partial charge in [-0.1, -0.05) is 0 Å². The van der Waals surface area contributed by atoms with Crippen LogP contribution in [0.25, 0.3) is 0 Å². The Balaban J connectivity index is 2.03. The molecule has 7 heteroatoms.